The Morgan fingerprint density at radius 3 is 2.64 bits per heavy atom. The van der Waals surface area contributed by atoms with Gasteiger partial charge in [0.15, 0.2) is 17.4 Å². The van der Waals surface area contributed by atoms with E-state index in [1.54, 1.807) is 7.05 Å². The molecule has 0 amide bonds. The van der Waals surface area contributed by atoms with E-state index in [1.165, 1.54) is 0 Å². The van der Waals surface area contributed by atoms with Gasteiger partial charge in [0, 0.05) is 5.56 Å². The summed E-state index contributed by atoms with van der Waals surface area (Å²) in [5.41, 5.74) is 4.88. The Morgan fingerprint density at radius 1 is 1.50 bits per heavy atom. The molecular formula is C9H10F2N2O. The third-order valence-electron chi connectivity index (χ3n) is 1.72. The second kappa shape index (κ2) is 4.15. The highest BCUT2D eigenvalue weighted by Crippen LogP contribution is 2.16. The van der Waals surface area contributed by atoms with Gasteiger partial charge in [0.25, 0.3) is 0 Å². The summed E-state index contributed by atoms with van der Waals surface area (Å²) < 4.78 is 25.5. The Morgan fingerprint density at radius 2 is 2.14 bits per heavy atom. The highest BCUT2D eigenvalue weighted by Gasteiger charge is 2.12. The Balaban J connectivity index is 3.06. The first-order valence-electron chi connectivity index (χ1n) is 3.98. The number of rotatable bonds is 3. The molecule has 1 aromatic rings. The van der Waals surface area contributed by atoms with E-state index in [-0.39, 0.29) is 23.6 Å². The summed E-state index contributed by atoms with van der Waals surface area (Å²) in [5.74, 6) is -2.56. The number of ketones is 1. The second-order valence-electron chi connectivity index (χ2n) is 2.81. The molecular weight excluding hydrogens is 190 g/mol. The maximum atomic E-state index is 12.8. The first-order chi connectivity index (χ1) is 6.56. The van der Waals surface area contributed by atoms with Crippen LogP contribution in [-0.4, -0.2) is 19.4 Å². The van der Waals surface area contributed by atoms with Crippen LogP contribution in [0.2, 0.25) is 0 Å². The highest BCUT2D eigenvalue weighted by atomic mass is 19.2. The van der Waals surface area contributed by atoms with Gasteiger partial charge in [-0.3, -0.25) is 4.79 Å². The minimum atomic E-state index is -1.12. The highest BCUT2D eigenvalue weighted by molar-refractivity contribution is 5.98. The summed E-state index contributed by atoms with van der Waals surface area (Å²) in [4.78, 5) is 11.3. The maximum Gasteiger partial charge on any atom is 0.181 e. The SMILES string of the molecule is CNCC(=O)c1cc(N)c(F)c(F)c1. The molecule has 0 aliphatic rings. The number of hydrogen-bond donors (Lipinski definition) is 2. The minimum absolute atomic E-state index is 0.0600. The van der Waals surface area contributed by atoms with Crippen molar-refractivity contribution < 1.29 is 13.6 Å². The lowest BCUT2D eigenvalue weighted by Crippen LogP contribution is -2.19. The molecule has 0 saturated heterocycles. The van der Waals surface area contributed by atoms with Crippen LogP contribution in [0.25, 0.3) is 0 Å². The lowest BCUT2D eigenvalue weighted by atomic mass is 10.1. The number of anilines is 1. The Bertz CT molecular complexity index is 343. The number of nitrogens with two attached hydrogens (primary N) is 1. The van der Waals surface area contributed by atoms with Crippen molar-refractivity contribution in [2.24, 2.45) is 0 Å². The van der Waals surface area contributed by atoms with Crippen LogP contribution < -0.4 is 11.1 Å². The zero-order valence-corrected chi connectivity index (χ0v) is 7.60. The Labute approximate surface area is 79.9 Å². The molecule has 3 N–H and O–H groups in total. The van der Waals surface area contributed by atoms with Crippen molar-refractivity contribution in [1.82, 2.24) is 5.32 Å². The normalized spacial score (nSPS) is 10.2. The summed E-state index contributed by atoms with van der Waals surface area (Å²) >= 11 is 0. The Kier molecular flexibility index (Phi) is 3.14. The number of nitrogens with one attached hydrogen (secondary N) is 1. The molecule has 1 rings (SSSR count). The second-order valence-corrected chi connectivity index (χ2v) is 2.81. The number of carbonyl (C=O) groups is 1. The fourth-order valence-corrected chi connectivity index (χ4v) is 1.03. The molecule has 0 heterocycles. The zero-order valence-electron chi connectivity index (χ0n) is 7.60. The monoisotopic (exact) mass is 200 g/mol. The fourth-order valence-electron chi connectivity index (χ4n) is 1.03. The van der Waals surface area contributed by atoms with Crippen LogP contribution >= 0.6 is 0 Å². The van der Waals surface area contributed by atoms with Crippen molar-refractivity contribution in [1.29, 1.82) is 0 Å². The van der Waals surface area contributed by atoms with Gasteiger partial charge >= 0.3 is 0 Å². The van der Waals surface area contributed by atoms with E-state index in [9.17, 15) is 13.6 Å². The number of halogens is 2. The molecule has 0 aromatic heterocycles. The summed E-state index contributed by atoms with van der Waals surface area (Å²) in [6.45, 7) is 0.0600. The predicted octanol–water partition coefficient (Wildman–Crippen LogP) is 0.949. The Hall–Kier alpha value is -1.49. The molecule has 0 fully saturated rings. The molecule has 1 aromatic carbocycles. The topological polar surface area (TPSA) is 55.1 Å². The summed E-state index contributed by atoms with van der Waals surface area (Å²) in [5, 5.41) is 2.61. The number of likely N-dealkylation sites (N-methyl/N-ethyl adjacent to an activating group) is 1. The third kappa shape index (κ3) is 2.05. The van der Waals surface area contributed by atoms with Crippen molar-refractivity contribution in [3.05, 3.63) is 29.3 Å². The molecule has 0 bridgehead atoms. The number of hydrogen-bond acceptors (Lipinski definition) is 3. The van der Waals surface area contributed by atoms with Gasteiger partial charge in [-0.05, 0) is 19.2 Å². The van der Waals surface area contributed by atoms with Crippen LogP contribution in [-0.2, 0) is 0 Å². The van der Waals surface area contributed by atoms with Gasteiger partial charge in [-0.2, -0.15) is 0 Å². The third-order valence-corrected chi connectivity index (χ3v) is 1.72. The average molecular weight is 200 g/mol. The van der Waals surface area contributed by atoms with E-state index >= 15 is 0 Å². The minimum Gasteiger partial charge on any atom is -0.396 e. The quantitative estimate of drug-likeness (QED) is 0.564. The smallest absolute Gasteiger partial charge is 0.181 e. The van der Waals surface area contributed by atoms with E-state index in [1.807, 2.05) is 0 Å². The van der Waals surface area contributed by atoms with E-state index < -0.39 is 11.6 Å². The molecule has 0 atom stereocenters. The molecule has 3 nitrogen and oxygen atoms in total. The number of benzene rings is 1. The molecule has 0 unspecified atom stereocenters. The molecule has 14 heavy (non-hydrogen) atoms. The first-order valence-corrected chi connectivity index (χ1v) is 3.98. The lowest BCUT2D eigenvalue weighted by Gasteiger charge is -2.03. The summed E-state index contributed by atoms with van der Waals surface area (Å²) in [6, 6.07) is 1.96. The van der Waals surface area contributed by atoms with Crippen LogP contribution in [0.15, 0.2) is 12.1 Å². The fraction of sp³-hybridized carbons (Fsp3) is 0.222. The van der Waals surface area contributed by atoms with Gasteiger partial charge in [0.2, 0.25) is 0 Å². The standard InChI is InChI=1S/C9H10F2N2O/c1-13-4-8(14)5-2-6(10)9(11)7(12)3-5/h2-3,13H,4,12H2,1H3. The van der Waals surface area contributed by atoms with Crippen molar-refractivity contribution in [2.75, 3.05) is 19.3 Å². The number of Topliss-reactive ketones (excluding diaryl/α,β-unsaturated/α-hetero) is 1. The molecule has 0 saturated carbocycles. The molecule has 76 valence electrons. The molecule has 0 aliphatic carbocycles. The largest absolute Gasteiger partial charge is 0.396 e. The van der Waals surface area contributed by atoms with Gasteiger partial charge in [-0.25, -0.2) is 8.78 Å². The number of carbonyl (C=O) groups excluding carboxylic acids is 1. The zero-order chi connectivity index (χ0) is 10.7. The van der Waals surface area contributed by atoms with Gasteiger partial charge in [-0.15, -0.1) is 0 Å². The van der Waals surface area contributed by atoms with E-state index in [0.29, 0.717) is 0 Å². The molecule has 0 aliphatic heterocycles. The maximum absolute atomic E-state index is 12.8. The van der Waals surface area contributed by atoms with Crippen molar-refractivity contribution in [2.45, 2.75) is 0 Å². The van der Waals surface area contributed by atoms with Crippen LogP contribution in [0.5, 0.6) is 0 Å². The van der Waals surface area contributed by atoms with Crippen LogP contribution in [0.4, 0.5) is 14.5 Å². The lowest BCUT2D eigenvalue weighted by molar-refractivity contribution is 0.0993. The predicted molar refractivity (Wildman–Crippen MR) is 49.0 cm³/mol. The van der Waals surface area contributed by atoms with Crippen molar-refractivity contribution >= 4 is 11.5 Å². The van der Waals surface area contributed by atoms with Crippen LogP contribution in [0.1, 0.15) is 10.4 Å². The van der Waals surface area contributed by atoms with E-state index in [0.717, 1.165) is 12.1 Å². The summed E-state index contributed by atoms with van der Waals surface area (Å²) in [7, 11) is 1.58. The van der Waals surface area contributed by atoms with Gasteiger partial charge < -0.3 is 11.1 Å². The van der Waals surface area contributed by atoms with Crippen LogP contribution in [0.3, 0.4) is 0 Å². The molecule has 0 spiro atoms. The van der Waals surface area contributed by atoms with E-state index in [2.05, 4.69) is 5.32 Å². The molecule has 5 heteroatoms. The van der Waals surface area contributed by atoms with Gasteiger partial charge in [0.05, 0.1) is 12.2 Å². The number of nitrogen functional groups attached to an aromatic ring is 1. The average Bonchev–Trinajstić information content (AvgIpc) is 2.13. The summed E-state index contributed by atoms with van der Waals surface area (Å²) in [6.07, 6.45) is 0. The van der Waals surface area contributed by atoms with Gasteiger partial charge in [-0.1, -0.05) is 0 Å². The van der Waals surface area contributed by atoms with E-state index in [4.69, 9.17) is 5.73 Å². The van der Waals surface area contributed by atoms with Crippen molar-refractivity contribution in [3.63, 3.8) is 0 Å². The van der Waals surface area contributed by atoms with Crippen LogP contribution in [0, 0.1) is 11.6 Å². The van der Waals surface area contributed by atoms with Crippen molar-refractivity contribution in [3.8, 4) is 0 Å². The first kappa shape index (κ1) is 10.6. The van der Waals surface area contributed by atoms with Gasteiger partial charge in [0.1, 0.15) is 0 Å². The molecule has 0 radical (unpaired) electrons.